The van der Waals surface area contributed by atoms with E-state index in [9.17, 15) is 9.59 Å². The number of nitrogens with one attached hydrogen (secondary N) is 1. The molecule has 3 amide bonds. The third kappa shape index (κ3) is 4.62. The number of anilines is 1. The molecule has 9 heteroatoms. The van der Waals surface area contributed by atoms with Crippen molar-refractivity contribution in [3.05, 3.63) is 76.3 Å². The van der Waals surface area contributed by atoms with Crippen LogP contribution >= 0.6 is 11.6 Å². The summed E-state index contributed by atoms with van der Waals surface area (Å²) in [6.45, 7) is 5.37. The van der Waals surface area contributed by atoms with E-state index in [0.717, 1.165) is 41.3 Å². The number of fused-ring (bicyclic) bond motifs is 1. The van der Waals surface area contributed by atoms with E-state index in [1.165, 1.54) is 0 Å². The van der Waals surface area contributed by atoms with E-state index in [4.69, 9.17) is 11.6 Å². The van der Waals surface area contributed by atoms with Gasteiger partial charge < -0.3 is 19.7 Å². The summed E-state index contributed by atoms with van der Waals surface area (Å²) in [5, 5.41) is 12.7. The SMILES string of the molecule is CC(=O)N1CCC(NC(=O)N2CCCC2c2nnc(C)n2Cc2ccc(Cl)cc2)c2ccccc21. The van der Waals surface area contributed by atoms with Crippen molar-refractivity contribution in [2.45, 2.75) is 51.7 Å². The van der Waals surface area contributed by atoms with Crippen LogP contribution in [0, 0.1) is 6.92 Å². The van der Waals surface area contributed by atoms with Crippen LogP contribution in [0.3, 0.4) is 0 Å². The topological polar surface area (TPSA) is 83.4 Å². The maximum Gasteiger partial charge on any atom is 0.318 e. The minimum absolute atomic E-state index is 0.0113. The van der Waals surface area contributed by atoms with Gasteiger partial charge in [-0.1, -0.05) is 41.9 Å². The number of hydrogen-bond donors (Lipinski definition) is 1. The summed E-state index contributed by atoms with van der Waals surface area (Å²) in [6.07, 6.45) is 2.42. The van der Waals surface area contributed by atoms with E-state index in [2.05, 4.69) is 20.1 Å². The number of aromatic nitrogens is 3. The molecule has 1 fully saturated rings. The Kier molecular flexibility index (Phi) is 6.47. The number of rotatable bonds is 4. The van der Waals surface area contributed by atoms with Crippen molar-refractivity contribution in [2.24, 2.45) is 0 Å². The Labute approximate surface area is 209 Å². The van der Waals surface area contributed by atoms with Gasteiger partial charge in [0.15, 0.2) is 5.82 Å². The number of aryl methyl sites for hydroxylation is 1. The molecule has 3 aromatic rings. The summed E-state index contributed by atoms with van der Waals surface area (Å²) in [4.78, 5) is 29.2. The molecule has 5 rings (SSSR count). The van der Waals surface area contributed by atoms with Crippen LogP contribution in [0.4, 0.5) is 10.5 Å². The predicted octanol–water partition coefficient (Wildman–Crippen LogP) is 4.63. The molecule has 0 saturated carbocycles. The number of amides is 3. The van der Waals surface area contributed by atoms with Crippen LogP contribution < -0.4 is 10.2 Å². The quantitative estimate of drug-likeness (QED) is 0.575. The van der Waals surface area contributed by atoms with Crippen LogP contribution in [0.1, 0.15) is 61.0 Å². The monoisotopic (exact) mass is 492 g/mol. The predicted molar refractivity (Wildman–Crippen MR) is 134 cm³/mol. The summed E-state index contributed by atoms with van der Waals surface area (Å²) in [6, 6.07) is 15.1. The summed E-state index contributed by atoms with van der Waals surface area (Å²) >= 11 is 6.05. The molecule has 2 aromatic carbocycles. The van der Waals surface area contributed by atoms with E-state index in [-0.39, 0.29) is 24.0 Å². The zero-order valence-corrected chi connectivity index (χ0v) is 20.7. The molecule has 0 radical (unpaired) electrons. The summed E-state index contributed by atoms with van der Waals surface area (Å²) in [7, 11) is 0. The van der Waals surface area contributed by atoms with Gasteiger partial charge in [-0.2, -0.15) is 0 Å². The minimum atomic E-state index is -0.149. The molecular weight excluding hydrogens is 464 g/mol. The van der Waals surface area contributed by atoms with Crippen LogP contribution in [-0.4, -0.2) is 44.7 Å². The second-order valence-electron chi connectivity index (χ2n) is 9.19. The van der Waals surface area contributed by atoms with Crippen molar-refractivity contribution in [3.8, 4) is 0 Å². The molecule has 2 aliphatic heterocycles. The van der Waals surface area contributed by atoms with Gasteiger partial charge in [0.1, 0.15) is 5.82 Å². The molecule has 1 N–H and O–H groups in total. The fourth-order valence-corrected chi connectivity index (χ4v) is 5.29. The van der Waals surface area contributed by atoms with Crippen molar-refractivity contribution in [2.75, 3.05) is 18.0 Å². The molecule has 0 spiro atoms. The number of carbonyl (C=O) groups excluding carboxylic acids is 2. The Morgan fingerprint density at radius 2 is 1.83 bits per heavy atom. The maximum atomic E-state index is 13.5. The first-order valence-corrected chi connectivity index (χ1v) is 12.4. The first-order chi connectivity index (χ1) is 16.9. The number of likely N-dealkylation sites (tertiary alicyclic amines) is 1. The van der Waals surface area contributed by atoms with Gasteiger partial charge in [0, 0.05) is 30.7 Å². The Morgan fingerprint density at radius 3 is 2.60 bits per heavy atom. The van der Waals surface area contributed by atoms with Gasteiger partial charge in [-0.3, -0.25) is 4.79 Å². The molecule has 1 saturated heterocycles. The summed E-state index contributed by atoms with van der Waals surface area (Å²) < 4.78 is 2.08. The van der Waals surface area contributed by atoms with Gasteiger partial charge in [-0.05, 0) is 55.5 Å². The zero-order valence-electron chi connectivity index (χ0n) is 19.9. The van der Waals surface area contributed by atoms with Crippen molar-refractivity contribution in [1.29, 1.82) is 0 Å². The third-order valence-corrected chi connectivity index (χ3v) is 7.20. The fraction of sp³-hybridized carbons (Fsp3) is 0.385. The second kappa shape index (κ2) is 9.70. The van der Waals surface area contributed by atoms with Crippen molar-refractivity contribution >= 4 is 29.2 Å². The molecule has 2 unspecified atom stereocenters. The van der Waals surface area contributed by atoms with E-state index in [1.54, 1.807) is 11.8 Å². The number of halogens is 1. The van der Waals surface area contributed by atoms with Crippen LogP contribution in [0.2, 0.25) is 5.02 Å². The van der Waals surface area contributed by atoms with E-state index in [1.807, 2.05) is 60.4 Å². The number of hydrogen-bond acceptors (Lipinski definition) is 4. The molecule has 0 aliphatic carbocycles. The van der Waals surface area contributed by atoms with Gasteiger partial charge >= 0.3 is 6.03 Å². The Balaban J connectivity index is 1.35. The Morgan fingerprint density at radius 1 is 1.06 bits per heavy atom. The lowest BCUT2D eigenvalue weighted by Crippen LogP contribution is -2.45. The number of nitrogens with zero attached hydrogens (tertiary/aromatic N) is 5. The van der Waals surface area contributed by atoms with Crippen LogP contribution in [-0.2, 0) is 11.3 Å². The fourth-order valence-electron chi connectivity index (χ4n) is 5.16. The number of carbonyl (C=O) groups is 2. The average Bonchev–Trinajstić information content (AvgIpc) is 3.47. The average molecular weight is 493 g/mol. The molecule has 35 heavy (non-hydrogen) atoms. The molecule has 3 heterocycles. The van der Waals surface area contributed by atoms with E-state index < -0.39 is 0 Å². The highest BCUT2D eigenvalue weighted by Crippen LogP contribution is 2.36. The standard InChI is InChI=1S/C26H29ClN6O2/c1-17-29-30-25(33(17)16-19-9-11-20(27)12-10-19)24-8-5-14-32(24)26(35)28-22-13-15-31(18(2)34)23-7-4-3-6-21(22)23/h3-4,6-7,9-12,22,24H,5,8,13-16H2,1-2H3,(H,28,35). The van der Waals surface area contributed by atoms with Crippen LogP contribution in [0.5, 0.6) is 0 Å². The third-order valence-electron chi connectivity index (χ3n) is 6.95. The molecule has 1 aromatic heterocycles. The first kappa shape index (κ1) is 23.4. The molecule has 182 valence electrons. The van der Waals surface area contributed by atoms with Gasteiger partial charge in [-0.25, -0.2) is 4.79 Å². The lowest BCUT2D eigenvalue weighted by atomic mass is 9.96. The molecule has 8 nitrogen and oxygen atoms in total. The zero-order chi connectivity index (χ0) is 24.5. The second-order valence-corrected chi connectivity index (χ2v) is 9.63. The Hall–Kier alpha value is -3.39. The molecule has 2 aliphatic rings. The van der Waals surface area contributed by atoms with Gasteiger partial charge in [0.2, 0.25) is 5.91 Å². The Bertz CT molecular complexity index is 1240. The highest BCUT2D eigenvalue weighted by atomic mass is 35.5. The van der Waals surface area contributed by atoms with E-state index >= 15 is 0 Å². The maximum absolute atomic E-state index is 13.5. The lowest BCUT2D eigenvalue weighted by molar-refractivity contribution is -0.116. The number of urea groups is 1. The molecular formula is C26H29ClN6O2. The highest BCUT2D eigenvalue weighted by Gasteiger charge is 2.36. The van der Waals surface area contributed by atoms with Crippen molar-refractivity contribution < 1.29 is 9.59 Å². The molecule has 0 bridgehead atoms. The van der Waals surface area contributed by atoms with Crippen LogP contribution in [0.25, 0.3) is 0 Å². The first-order valence-electron chi connectivity index (χ1n) is 12.0. The smallest absolute Gasteiger partial charge is 0.318 e. The van der Waals surface area contributed by atoms with Crippen LogP contribution in [0.15, 0.2) is 48.5 Å². The van der Waals surface area contributed by atoms with Crippen molar-refractivity contribution in [1.82, 2.24) is 25.0 Å². The van der Waals surface area contributed by atoms with Gasteiger partial charge in [0.25, 0.3) is 0 Å². The minimum Gasteiger partial charge on any atom is -0.331 e. The highest BCUT2D eigenvalue weighted by molar-refractivity contribution is 6.30. The van der Waals surface area contributed by atoms with Gasteiger partial charge in [0.05, 0.1) is 18.6 Å². The summed E-state index contributed by atoms with van der Waals surface area (Å²) in [5.41, 5.74) is 2.94. The van der Waals surface area contributed by atoms with E-state index in [0.29, 0.717) is 31.1 Å². The van der Waals surface area contributed by atoms with Crippen molar-refractivity contribution in [3.63, 3.8) is 0 Å². The lowest BCUT2D eigenvalue weighted by Gasteiger charge is -2.35. The number of benzene rings is 2. The number of para-hydroxylation sites is 1. The summed E-state index contributed by atoms with van der Waals surface area (Å²) in [5.74, 6) is 1.63. The normalized spacial score (nSPS) is 19.5. The molecule has 2 atom stereocenters. The van der Waals surface area contributed by atoms with Gasteiger partial charge in [-0.15, -0.1) is 10.2 Å². The largest absolute Gasteiger partial charge is 0.331 e.